The number of para-hydroxylation sites is 2. The molecule has 2 heterocycles. The molecule has 0 fully saturated rings. The van der Waals surface area contributed by atoms with Gasteiger partial charge in [-0.15, -0.1) is 0 Å². The number of anilines is 1. The lowest BCUT2D eigenvalue weighted by Gasteiger charge is -2.22. The fourth-order valence-corrected chi connectivity index (χ4v) is 6.09. The second kappa shape index (κ2) is 8.29. The Kier molecular flexibility index (Phi) is 5.40. The molecule has 3 aromatic carbocycles. The number of carbonyl (C=O) groups is 1. The van der Waals surface area contributed by atoms with Crippen molar-refractivity contribution in [2.75, 3.05) is 10.6 Å². The summed E-state index contributed by atoms with van der Waals surface area (Å²) in [6, 6.07) is 22.2. The number of benzene rings is 3. The summed E-state index contributed by atoms with van der Waals surface area (Å²) >= 11 is 0. The van der Waals surface area contributed by atoms with E-state index in [-0.39, 0.29) is 11.9 Å². The SMILES string of the molecule is CC1Cc2cc(C(=O)NC(c3ccccc3)c3nc4ccccc4n3C)ccc2N1S(C)(=O)=O. The van der Waals surface area contributed by atoms with Crippen LogP contribution in [-0.2, 0) is 23.5 Å². The predicted octanol–water partition coefficient (Wildman–Crippen LogP) is 3.80. The molecule has 7 nitrogen and oxygen atoms in total. The quantitative estimate of drug-likeness (QED) is 0.477. The number of nitrogens with one attached hydrogen (secondary N) is 1. The van der Waals surface area contributed by atoms with Crippen LogP contribution >= 0.6 is 0 Å². The van der Waals surface area contributed by atoms with Gasteiger partial charge in [-0.2, -0.15) is 0 Å². The standard InChI is InChI=1S/C26H26N4O3S/c1-17-15-20-16-19(13-14-22(20)30(17)34(3,32)33)26(31)28-24(18-9-5-4-6-10-18)25-27-21-11-7-8-12-23(21)29(25)2/h4-14,16-17,24H,15H2,1-3H3,(H,28,31). The lowest BCUT2D eigenvalue weighted by atomic mass is 10.0. The van der Waals surface area contributed by atoms with Crippen molar-refractivity contribution < 1.29 is 13.2 Å². The van der Waals surface area contributed by atoms with E-state index < -0.39 is 16.1 Å². The van der Waals surface area contributed by atoms with Gasteiger partial charge in [0.05, 0.1) is 23.0 Å². The smallest absolute Gasteiger partial charge is 0.252 e. The Labute approximate surface area is 199 Å². The summed E-state index contributed by atoms with van der Waals surface area (Å²) in [4.78, 5) is 18.2. The van der Waals surface area contributed by atoms with E-state index in [1.54, 1.807) is 18.2 Å². The van der Waals surface area contributed by atoms with Crippen LogP contribution in [0.15, 0.2) is 72.8 Å². The molecule has 2 atom stereocenters. The first-order chi connectivity index (χ1) is 16.2. The Morgan fingerprint density at radius 3 is 2.47 bits per heavy atom. The molecule has 1 N–H and O–H groups in total. The second-order valence-electron chi connectivity index (χ2n) is 8.79. The van der Waals surface area contributed by atoms with Crippen LogP contribution in [0.2, 0.25) is 0 Å². The maximum Gasteiger partial charge on any atom is 0.252 e. The van der Waals surface area contributed by atoms with Gasteiger partial charge < -0.3 is 9.88 Å². The molecule has 0 spiro atoms. The molecule has 8 heteroatoms. The minimum Gasteiger partial charge on any atom is -0.338 e. The third-order valence-corrected chi connectivity index (χ3v) is 7.61. The maximum atomic E-state index is 13.4. The van der Waals surface area contributed by atoms with E-state index in [1.165, 1.54) is 10.6 Å². The van der Waals surface area contributed by atoms with Gasteiger partial charge >= 0.3 is 0 Å². The van der Waals surface area contributed by atoms with Gasteiger partial charge in [0.2, 0.25) is 10.0 Å². The van der Waals surface area contributed by atoms with Gasteiger partial charge in [-0.25, -0.2) is 13.4 Å². The molecular weight excluding hydrogens is 448 g/mol. The average Bonchev–Trinajstić information content (AvgIpc) is 3.33. The molecular formula is C26H26N4O3S. The fourth-order valence-electron chi connectivity index (χ4n) is 4.83. The Morgan fingerprint density at radius 1 is 1.06 bits per heavy atom. The number of aromatic nitrogens is 2. The van der Waals surface area contributed by atoms with Crippen molar-refractivity contribution in [2.45, 2.75) is 25.4 Å². The molecule has 1 amide bonds. The third-order valence-electron chi connectivity index (χ3n) is 6.34. The maximum absolute atomic E-state index is 13.4. The highest BCUT2D eigenvalue weighted by atomic mass is 32.2. The first-order valence-corrected chi connectivity index (χ1v) is 13.0. The van der Waals surface area contributed by atoms with Gasteiger partial charge in [-0.3, -0.25) is 9.10 Å². The largest absolute Gasteiger partial charge is 0.338 e. The number of imidazole rings is 1. The van der Waals surface area contributed by atoms with Crippen molar-refractivity contribution in [1.29, 1.82) is 0 Å². The minimum absolute atomic E-state index is 0.180. The highest BCUT2D eigenvalue weighted by molar-refractivity contribution is 7.92. The van der Waals surface area contributed by atoms with Crippen LogP contribution < -0.4 is 9.62 Å². The summed E-state index contributed by atoms with van der Waals surface area (Å²) in [7, 11) is -1.44. The van der Waals surface area contributed by atoms with E-state index in [0.717, 1.165) is 28.0 Å². The number of fused-ring (bicyclic) bond motifs is 2. The van der Waals surface area contributed by atoms with Crippen molar-refractivity contribution in [3.05, 3.63) is 95.3 Å². The summed E-state index contributed by atoms with van der Waals surface area (Å²) < 4.78 is 27.9. The van der Waals surface area contributed by atoms with Crippen LogP contribution in [0.1, 0.15) is 40.3 Å². The number of hydrogen-bond donors (Lipinski definition) is 1. The number of aryl methyl sites for hydroxylation is 1. The molecule has 1 aromatic heterocycles. The number of amides is 1. The molecule has 4 aromatic rings. The minimum atomic E-state index is -3.39. The monoisotopic (exact) mass is 474 g/mol. The van der Waals surface area contributed by atoms with Crippen molar-refractivity contribution in [3.63, 3.8) is 0 Å². The zero-order valence-corrected chi connectivity index (χ0v) is 20.1. The summed E-state index contributed by atoms with van der Waals surface area (Å²) in [6.07, 6.45) is 1.77. The van der Waals surface area contributed by atoms with Crippen molar-refractivity contribution >= 4 is 32.7 Å². The van der Waals surface area contributed by atoms with Crippen molar-refractivity contribution in [3.8, 4) is 0 Å². The Hall–Kier alpha value is -3.65. The van der Waals surface area contributed by atoms with E-state index in [0.29, 0.717) is 17.7 Å². The topological polar surface area (TPSA) is 84.3 Å². The van der Waals surface area contributed by atoms with E-state index in [9.17, 15) is 13.2 Å². The van der Waals surface area contributed by atoms with Crippen LogP contribution in [0.5, 0.6) is 0 Å². The third kappa shape index (κ3) is 3.84. The first kappa shape index (κ1) is 22.2. The van der Waals surface area contributed by atoms with Gasteiger partial charge in [-0.05, 0) is 54.8 Å². The zero-order chi connectivity index (χ0) is 24.0. The summed E-state index contributed by atoms with van der Waals surface area (Å²) in [5.74, 6) is 0.493. The average molecular weight is 475 g/mol. The van der Waals surface area contributed by atoms with Crippen molar-refractivity contribution in [1.82, 2.24) is 14.9 Å². The van der Waals surface area contributed by atoms with Crippen LogP contribution in [-0.4, -0.2) is 36.2 Å². The lowest BCUT2D eigenvalue weighted by molar-refractivity contribution is 0.0941. The van der Waals surface area contributed by atoms with Gasteiger partial charge in [0.1, 0.15) is 11.9 Å². The van der Waals surface area contributed by atoms with Crippen LogP contribution in [0.3, 0.4) is 0 Å². The molecule has 34 heavy (non-hydrogen) atoms. The molecule has 1 aliphatic rings. The first-order valence-electron chi connectivity index (χ1n) is 11.1. The molecule has 174 valence electrons. The van der Waals surface area contributed by atoms with Crippen LogP contribution in [0.25, 0.3) is 11.0 Å². The van der Waals surface area contributed by atoms with E-state index in [4.69, 9.17) is 4.98 Å². The molecule has 0 saturated carbocycles. The summed E-state index contributed by atoms with van der Waals surface area (Å²) in [6.45, 7) is 1.87. The fraction of sp³-hybridized carbons (Fsp3) is 0.231. The zero-order valence-electron chi connectivity index (χ0n) is 19.3. The Morgan fingerprint density at radius 2 is 1.76 bits per heavy atom. The number of nitrogens with zero attached hydrogens (tertiary/aromatic N) is 3. The number of rotatable bonds is 5. The molecule has 1 aliphatic heterocycles. The Bertz CT molecular complexity index is 1500. The van der Waals surface area contributed by atoms with Gasteiger partial charge in [0, 0.05) is 18.7 Å². The summed E-state index contributed by atoms with van der Waals surface area (Å²) in [5.41, 5.74) is 4.75. The molecule has 0 bridgehead atoms. The molecule has 0 radical (unpaired) electrons. The molecule has 5 rings (SSSR count). The summed E-state index contributed by atoms with van der Waals surface area (Å²) in [5, 5.41) is 3.16. The van der Waals surface area contributed by atoms with Crippen LogP contribution in [0.4, 0.5) is 5.69 Å². The van der Waals surface area contributed by atoms with Gasteiger partial charge in [0.15, 0.2) is 0 Å². The van der Waals surface area contributed by atoms with Crippen LogP contribution in [0, 0.1) is 0 Å². The highest BCUT2D eigenvalue weighted by Gasteiger charge is 2.33. The van der Waals surface area contributed by atoms with Crippen molar-refractivity contribution in [2.24, 2.45) is 7.05 Å². The second-order valence-corrected chi connectivity index (χ2v) is 10.6. The van der Waals surface area contributed by atoms with Gasteiger partial charge in [-0.1, -0.05) is 42.5 Å². The normalized spacial score (nSPS) is 16.4. The number of hydrogen-bond acceptors (Lipinski definition) is 4. The van der Waals surface area contributed by atoms with E-state index in [1.807, 2.05) is 73.1 Å². The molecule has 2 unspecified atom stereocenters. The number of carbonyl (C=O) groups excluding carboxylic acids is 1. The molecule has 0 aliphatic carbocycles. The Balaban J connectivity index is 1.51. The molecule has 0 saturated heterocycles. The highest BCUT2D eigenvalue weighted by Crippen LogP contribution is 2.35. The van der Waals surface area contributed by atoms with E-state index in [2.05, 4.69) is 5.32 Å². The lowest BCUT2D eigenvalue weighted by Crippen LogP contribution is -2.34. The van der Waals surface area contributed by atoms with Gasteiger partial charge in [0.25, 0.3) is 5.91 Å². The predicted molar refractivity (Wildman–Crippen MR) is 133 cm³/mol. The number of sulfonamides is 1. The van der Waals surface area contributed by atoms with E-state index >= 15 is 0 Å².